The van der Waals surface area contributed by atoms with E-state index in [4.69, 9.17) is 4.74 Å². The average molecular weight is 408 g/mol. The minimum Gasteiger partial charge on any atom is -0.444 e. The molecule has 4 heterocycles. The minimum absolute atomic E-state index is 0.0593. The number of anilines is 1. The monoisotopic (exact) mass is 408 g/mol. The molecule has 160 valence electrons. The number of fused-ring (bicyclic) bond motifs is 1. The van der Waals surface area contributed by atoms with Gasteiger partial charge in [-0.1, -0.05) is 6.07 Å². The summed E-state index contributed by atoms with van der Waals surface area (Å²) in [5.74, 6) is -1.96. The van der Waals surface area contributed by atoms with E-state index >= 15 is 8.78 Å². The fourth-order valence-electron chi connectivity index (χ4n) is 4.43. The van der Waals surface area contributed by atoms with Crippen molar-refractivity contribution in [3.8, 4) is 0 Å². The Labute approximate surface area is 170 Å². The third kappa shape index (κ3) is 4.04. The SMILES string of the molecule is CC(C)(C)OC(=O)N1CC2(CCN(Cc3ccc4c(n3)NCCC4)CC2(F)F)C1. The van der Waals surface area contributed by atoms with Gasteiger partial charge >= 0.3 is 6.09 Å². The van der Waals surface area contributed by atoms with Crippen LogP contribution in [0.2, 0.25) is 0 Å². The molecule has 1 aromatic rings. The van der Waals surface area contributed by atoms with Gasteiger partial charge in [-0.25, -0.2) is 18.6 Å². The lowest BCUT2D eigenvalue weighted by atomic mass is 9.69. The molecule has 1 aromatic heterocycles. The van der Waals surface area contributed by atoms with Crippen molar-refractivity contribution in [2.24, 2.45) is 5.41 Å². The van der Waals surface area contributed by atoms with Gasteiger partial charge in [-0.3, -0.25) is 4.90 Å². The standard InChI is InChI=1S/C21H30F2N4O2/c1-19(2,3)29-18(28)27-12-20(13-27)8-10-26(14-21(20,22)23)11-16-7-6-15-5-4-9-24-17(15)25-16/h6-7H,4-5,8-14H2,1-3H3,(H,24,25). The number of carbonyl (C=O) groups is 1. The number of aryl methyl sites for hydroxylation is 1. The summed E-state index contributed by atoms with van der Waals surface area (Å²) in [4.78, 5) is 19.9. The van der Waals surface area contributed by atoms with Crippen molar-refractivity contribution >= 4 is 11.9 Å². The van der Waals surface area contributed by atoms with Gasteiger partial charge in [-0.2, -0.15) is 0 Å². The number of amides is 1. The molecule has 0 saturated carbocycles. The topological polar surface area (TPSA) is 57.7 Å². The van der Waals surface area contributed by atoms with E-state index in [0.29, 0.717) is 19.5 Å². The molecule has 2 fully saturated rings. The first-order valence-corrected chi connectivity index (χ1v) is 10.4. The number of rotatable bonds is 2. The van der Waals surface area contributed by atoms with Crippen LogP contribution in [0.3, 0.4) is 0 Å². The number of nitrogens with zero attached hydrogens (tertiary/aromatic N) is 3. The summed E-state index contributed by atoms with van der Waals surface area (Å²) in [6, 6.07) is 4.00. The first-order chi connectivity index (χ1) is 13.6. The summed E-state index contributed by atoms with van der Waals surface area (Å²) in [6.07, 6.45) is 1.96. The van der Waals surface area contributed by atoms with Crippen molar-refractivity contribution in [2.75, 3.05) is 38.0 Å². The quantitative estimate of drug-likeness (QED) is 0.812. The Morgan fingerprint density at radius 1 is 1.28 bits per heavy atom. The fourth-order valence-corrected chi connectivity index (χ4v) is 4.43. The summed E-state index contributed by atoms with van der Waals surface area (Å²) in [5, 5.41) is 3.29. The second-order valence-corrected chi connectivity index (χ2v) is 9.62. The van der Waals surface area contributed by atoms with E-state index in [9.17, 15) is 4.79 Å². The van der Waals surface area contributed by atoms with Crippen molar-refractivity contribution in [2.45, 2.75) is 58.1 Å². The lowest BCUT2D eigenvalue weighted by Crippen LogP contribution is -2.71. The summed E-state index contributed by atoms with van der Waals surface area (Å²) in [6.45, 7) is 7.03. The van der Waals surface area contributed by atoms with Gasteiger partial charge in [0.05, 0.1) is 17.7 Å². The number of pyridine rings is 1. The molecule has 3 aliphatic rings. The lowest BCUT2D eigenvalue weighted by molar-refractivity contribution is -0.220. The van der Waals surface area contributed by atoms with E-state index in [1.54, 1.807) is 25.7 Å². The maximum absolute atomic E-state index is 15.1. The number of carbonyl (C=O) groups excluding carboxylic acids is 1. The van der Waals surface area contributed by atoms with E-state index in [1.807, 2.05) is 6.07 Å². The summed E-state index contributed by atoms with van der Waals surface area (Å²) >= 11 is 0. The second kappa shape index (κ2) is 7.07. The van der Waals surface area contributed by atoms with Crippen LogP contribution in [0.4, 0.5) is 19.4 Å². The second-order valence-electron chi connectivity index (χ2n) is 9.62. The Hall–Kier alpha value is -1.96. The predicted molar refractivity (Wildman–Crippen MR) is 106 cm³/mol. The zero-order valence-corrected chi connectivity index (χ0v) is 17.4. The van der Waals surface area contributed by atoms with Crippen LogP contribution in [-0.2, 0) is 17.7 Å². The van der Waals surface area contributed by atoms with Crippen molar-refractivity contribution in [3.05, 3.63) is 23.4 Å². The molecule has 0 aromatic carbocycles. The minimum atomic E-state index is -2.85. The van der Waals surface area contributed by atoms with Gasteiger partial charge in [-0.05, 0) is 58.2 Å². The van der Waals surface area contributed by atoms with Crippen LogP contribution in [0.1, 0.15) is 44.9 Å². The lowest BCUT2D eigenvalue weighted by Gasteiger charge is -2.57. The van der Waals surface area contributed by atoms with E-state index < -0.39 is 23.0 Å². The highest BCUT2D eigenvalue weighted by molar-refractivity contribution is 5.69. The highest BCUT2D eigenvalue weighted by Gasteiger charge is 2.63. The maximum atomic E-state index is 15.1. The Kier molecular flexibility index (Phi) is 4.96. The van der Waals surface area contributed by atoms with E-state index in [2.05, 4.69) is 16.4 Å². The van der Waals surface area contributed by atoms with Crippen LogP contribution >= 0.6 is 0 Å². The van der Waals surface area contributed by atoms with Crippen molar-refractivity contribution in [1.29, 1.82) is 0 Å². The van der Waals surface area contributed by atoms with Gasteiger partial charge < -0.3 is 15.0 Å². The summed E-state index contributed by atoms with van der Waals surface area (Å²) < 4.78 is 35.4. The highest BCUT2D eigenvalue weighted by Crippen LogP contribution is 2.50. The van der Waals surface area contributed by atoms with Gasteiger partial charge in [0.15, 0.2) is 0 Å². The predicted octanol–water partition coefficient (Wildman–Crippen LogP) is 3.52. The number of halogens is 2. The molecule has 0 atom stereocenters. The number of hydrogen-bond donors (Lipinski definition) is 1. The molecule has 29 heavy (non-hydrogen) atoms. The van der Waals surface area contributed by atoms with Crippen LogP contribution in [0.15, 0.2) is 12.1 Å². The molecule has 0 radical (unpaired) electrons. The number of alkyl halides is 2. The third-order valence-electron chi connectivity index (χ3n) is 6.08. The highest BCUT2D eigenvalue weighted by atomic mass is 19.3. The first kappa shape index (κ1) is 20.3. The van der Waals surface area contributed by atoms with Crippen molar-refractivity contribution in [3.63, 3.8) is 0 Å². The number of ether oxygens (including phenoxy) is 1. The first-order valence-electron chi connectivity index (χ1n) is 10.4. The van der Waals surface area contributed by atoms with E-state index in [-0.39, 0.29) is 19.6 Å². The van der Waals surface area contributed by atoms with E-state index in [1.165, 1.54) is 10.5 Å². The molecule has 0 unspecified atom stereocenters. The molecule has 2 saturated heterocycles. The van der Waals surface area contributed by atoms with Crippen LogP contribution in [0.25, 0.3) is 0 Å². The molecule has 1 spiro atoms. The summed E-state index contributed by atoms with van der Waals surface area (Å²) in [5.41, 5.74) is 0.252. The third-order valence-corrected chi connectivity index (χ3v) is 6.08. The number of piperidine rings is 1. The van der Waals surface area contributed by atoms with E-state index in [0.717, 1.165) is 30.9 Å². The van der Waals surface area contributed by atoms with Crippen LogP contribution < -0.4 is 5.32 Å². The van der Waals surface area contributed by atoms with Gasteiger partial charge in [0.1, 0.15) is 11.4 Å². The molecular formula is C21H30F2N4O2. The van der Waals surface area contributed by atoms with Gasteiger partial charge in [-0.15, -0.1) is 0 Å². The zero-order valence-electron chi connectivity index (χ0n) is 17.4. The molecule has 1 N–H and O–H groups in total. The van der Waals surface area contributed by atoms with Gasteiger partial charge in [0.2, 0.25) is 0 Å². The molecule has 4 rings (SSSR count). The molecule has 0 aliphatic carbocycles. The molecular weight excluding hydrogens is 378 g/mol. The normalized spacial score (nSPS) is 23.1. The molecule has 1 amide bonds. The number of likely N-dealkylation sites (tertiary alicyclic amines) is 2. The van der Waals surface area contributed by atoms with Gasteiger partial charge in [0, 0.05) is 26.2 Å². The molecule has 8 heteroatoms. The largest absolute Gasteiger partial charge is 0.444 e. The Morgan fingerprint density at radius 2 is 2.03 bits per heavy atom. The van der Waals surface area contributed by atoms with Crippen molar-refractivity contribution < 1.29 is 18.3 Å². The van der Waals surface area contributed by atoms with Crippen LogP contribution in [0.5, 0.6) is 0 Å². The Bertz CT molecular complexity index is 787. The maximum Gasteiger partial charge on any atom is 0.410 e. The number of nitrogens with one attached hydrogen (secondary N) is 1. The molecule has 0 bridgehead atoms. The van der Waals surface area contributed by atoms with Crippen LogP contribution in [-0.4, -0.2) is 65.1 Å². The van der Waals surface area contributed by atoms with Crippen LogP contribution in [0, 0.1) is 5.41 Å². The van der Waals surface area contributed by atoms with Crippen molar-refractivity contribution in [1.82, 2.24) is 14.8 Å². The average Bonchev–Trinajstić information content (AvgIpc) is 2.58. The Morgan fingerprint density at radius 3 is 2.72 bits per heavy atom. The smallest absolute Gasteiger partial charge is 0.410 e. The fraction of sp³-hybridized carbons (Fsp3) is 0.714. The summed E-state index contributed by atoms with van der Waals surface area (Å²) in [7, 11) is 0. The number of aromatic nitrogens is 1. The van der Waals surface area contributed by atoms with Gasteiger partial charge in [0.25, 0.3) is 5.92 Å². The Balaban J connectivity index is 1.36. The number of hydrogen-bond acceptors (Lipinski definition) is 5. The molecule has 3 aliphatic heterocycles. The zero-order chi connectivity index (χ0) is 20.9. The molecule has 6 nitrogen and oxygen atoms in total.